The summed E-state index contributed by atoms with van der Waals surface area (Å²) in [5.41, 5.74) is 1.26. The van der Waals surface area contributed by atoms with E-state index in [0.29, 0.717) is 12.6 Å². The van der Waals surface area contributed by atoms with Crippen molar-refractivity contribution in [1.29, 1.82) is 0 Å². The summed E-state index contributed by atoms with van der Waals surface area (Å²) in [4.78, 5) is 0. The van der Waals surface area contributed by atoms with Crippen molar-refractivity contribution in [3.63, 3.8) is 0 Å². The van der Waals surface area contributed by atoms with Crippen molar-refractivity contribution >= 4 is 0 Å². The van der Waals surface area contributed by atoms with Crippen LogP contribution in [0.4, 0.5) is 0 Å². The number of aliphatic hydroxyl groups is 1. The predicted molar refractivity (Wildman–Crippen MR) is 70.3 cm³/mol. The Labute approximate surface area is 104 Å². The Balaban J connectivity index is 2.50. The van der Waals surface area contributed by atoms with Gasteiger partial charge in [0.15, 0.2) is 0 Å². The minimum atomic E-state index is 0.162. The molecule has 0 bridgehead atoms. The lowest BCUT2D eigenvalue weighted by Crippen LogP contribution is -2.17. The maximum Gasteiger partial charge on any atom is 0.119 e. The second-order valence-electron chi connectivity index (χ2n) is 4.45. The van der Waals surface area contributed by atoms with Gasteiger partial charge in [0.25, 0.3) is 0 Å². The van der Waals surface area contributed by atoms with Gasteiger partial charge in [0, 0.05) is 18.6 Å². The van der Waals surface area contributed by atoms with Crippen LogP contribution in [0.1, 0.15) is 32.4 Å². The summed E-state index contributed by atoms with van der Waals surface area (Å²) in [6.45, 7) is 7.89. The monoisotopic (exact) mass is 237 g/mol. The Morgan fingerprint density at radius 2 is 1.88 bits per heavy atom. The Morgan fingerprint density at radius 3 is 2.41 bits per heavy atom. The van der Waals surface area contributed by atoms with E-state index < -0.39 is 0 Å². The van der Waals surface area contributed by atoms with Crippen molar-refractivity contribution in [1.82, 2.24) is 5.32 Å². The van der Waals surface area contributed by atoms with Crippen LogP contribution in [0.5, 0.6) is 5.75 Å². The molecular formula is C14H23NO2. The molecule has 96 valence electrons. The quantitative estimate of drug-likeness (QED) is 0.765. The van der Waals surface area contributed by atoms with Crippen LogP contribution in [0, 0.1) is 5.92 Å². The molecule has 3 nitrogen and oxygen atoms in total. The van der Waals surface area contributed by atoms with Crippen LogP contribution in [-0.4, -0.2) is 24.9 Å². The van der Waals surface area contributed by atoms with Gasteiger partial charge < -0.3 is 15.2 Å². The highest BCUT2D eigenvalue weighted by molar-refractivity contribution is 5.28. The van der Waals surface area contributed by atoms with Gasteiger partial charge >= 0.3 is 0 Å². The lowest BCUT2D eigenvalue weighted by molar-refractivity contribution is 0.174. The molecule has 0 saturated heterocycles. The minimum absolute atomic E-state index is 0.162. The first-order chi connectivity index (χ1) is 8.17. The van der Waals surface area contributed by atoms with E-state index in [1.54, 1.807) is 0 Å². The third-order valence-corrected chi connectivity index (χ3v) is 2.74. The van der Waals surface area contributed by atoms with Crippen LogP contribution in [-0.2, 0) is 0 Å². The fourth-order valence-corrected chi connectivity index (χ4v) is 1.57. The number of ether oxygens (including phenoxy) is 1. The topological polar surface area (TPSA) is 41.5 Å². The highest BCUT2D eigenvalue weighted by Gasteiger charge is 2.04. The molecule has 0 aliphatic rings. The molecule has 0 saturated carbocycles. The smallest absolute Gasteiger partial charge is 0.119 e. The van der Waals surface area contributed by atoms with Gasteiger partial charge in [-0.1, -0.05) is 26.0 Å². The normalized spacial score (nSPS) is 14.4. The van der Waals surface area contributed by atoms with Gasteiger partial charge in [-0.25, -0.2) is 0 Å². The van der Waals surface area contributed by atoms with Gasteiger partial charge in [0.2, 0.25) is 0 Å². The van der Waals surface area contributed by atoms with E-state index in [-0.39, 0.29) is 12.5 Å². The summed E-state index contributed by atoms with van der Waals surface area (Å²) in [6.07, 6.45) is 0. The van der Waals surface area contributed by atoms with Crippen LogP contribution < -0.4 is 10.1 Å². The molecular weight excluding hydrogens is 214 g/mol. The molecule has 0 amide bonds. The summed E-state index contributed by atoms with van der Waals surface area (Å²) < 4.78 is 5.57. The highest BCUT2D eigenvalue weighted by atomic mass is 16.5. The van der Waals surface area contributed by atoms with Crippen LogP contribution >= 0.6 is 0 Å². The molecule has 0 aliphatic heterocycles. The van der Waals surface area contributed by atoms with Crippen LogP contribution in [0.3, 0.4) is 0 Å². The first-order valence-corrected chi connectivity index (χ1v) is 6.24. The fraction of sp³-hybridized carbons (Fsp3) is 0.571. The molecule has 2 atom stereocenters. The molecule has 0 heterocycles. The van der Waals surface area contributed by atoms with Crippen molar-refractivity contribution in [3.05, 3.63) is 29.8 Å². The van der Waals surface area contributed by atoms with Crippen molar-refractivity contribution in [2.24, 2.45) is 5.92 Å². The summed E-state index contributed by atoms with van der Waals surface area (Å²) in [6, 6.07) is 8.48. The van der Waals surface area contributed by atoms with E-state index in [2.05, 4.69) is 31.3 Å². The van der Waals surface area contributed by atoms with Crippen molar-refractivity contribution in [2.75, 3.05) is 19.8 Å². The first-order valence-electron chi connectivity index (χ1n) is 6.24. The van der Waals surface area contributed by atoms with Gasteiger partial charge in [0.1, 0.15) is 5.75 Å². The number of hydrogen-bond donors (Lipinski definition) is 2. The number of rotatable bonds is 7. The lowest BCUT2D eigenvalue weighted by Gasteiger charge is -2.14. The van der Waals surface area contributed by atoms with Crippen molar-refractivity contribution in [2.45, 2.75) is 26.8 Å². The Kier molecular flexibility index (Phi) is 6.01. The molecule has 3 heteroatoms. The Morgan fingerprint density at radius 1 is 1.24 bits per heavy atom. The lowest BCUT2D eigenvalue weighted by atomic mass is 10.1. The van der Waals surface area contributed by atoms with Crippen LogP contribution in [0.25, 0.3) is 0 Å². The molecule has 0 aromatic heterocycles. The number of hydrogen-bond acceptors (Lipinski definition) is 3. The summed E-state index contributed by atoms with van der Waals surface area (Å²) in [5, 5.41) is 12.3. The SMILES string of the molecule is CCNC(C)c1ccc(OCC(C)CO)cc1. The molecule has 17 heavy (non-hydrogen) atoms. The maximum atomic E-state index is 8.90. The molecule has 0 aliphatic carbocycles. The molecule has 0 spiro atoms. The van der Waals surface area contributed by atoms with E-state index in [4.69, 9.17) is 9.84 Å². The molecule has 2 N–H and O–H groups in total. The molecule has 1 aromatic rings. The predicted octanol–water partition coefficient (Wildman–Crippen LogP) is 2.36. The highest BCUT2D eigenvalue weighted by Crippen LogP contribution is 2.17. The molecule has 2 unspecified atom stereocenters. The van der Waals surface area contributed by atoms with Crippen LogP contribution in [0.15, 0.2) is 24.3 Å². The van der Waals surface area contributed by atoms with E-state index in [9.17, 15) is 0 Å². The van der Waals surface area contributed by atoms with Gasteiger partial charge in [0.05, 0.1) is 6.61 Å². The average molecular weight is 237 g/mol. The molecule has 0 fully saturated rings. The molecule has 1 rings (SSSR count). The van der Waals surface area contributed by atoms with Crippen LogP contribution in [0.2, 0.25) is 0 Å². The number of nitrogens with one attached hydrogen (secondary N) is 1. The minimum Gasteiger partial charge on any atom is -0.493 e. The van der Waals surface area contributed by atoms with E-state index >= 15 is 0 Å². The van der Waals surface area contributed by atoms with Gasteiger partial charge in [-0.2, -0.15) is 0 Å². The van der Waals surface area contributed by atoms with Gasteiger partial charge in [-0.15, -0.1) is 0 Å². The second kappa shape index (κ2) is 7.30. The van der Waals surface area contributed by atoms with E-state index in [1.807, 2.05) is 19.1 Å². The third-order valence-electron chi connectivity index (χ3n) is 2.74. The average Bonchev–Trinajstić information content (AvgIpc) is 2.36. The fourth-order valence-electron chi connectivity index (χ4n) is 1.57. The van der Waals surface area contributed by atoms with Crippen molar-refractivity contribution < 1.29 is 9.84 Å². The molecule has 0 radical (unpaired) electrons. The number of aliphatic hydroxyl groups excluding tert-OH is 1. The van der Waals surface area contributed by atoms with Gasteiger partial charge in [-0.3, -0.25) is 0 Å². The zero-order valence-electron chi connectivity index (χ0n) is 10.9. The summed E-state index contributed by atoms with van der Waals surface area (Å²) >= 11 is 0. The maximum absolute atomic E-state index is 8.90. The largest absolute Gasteiger partial charge is 0.493 e. The van der Waals surface area contributed by atoms with Crippen molar-refractivity contribution in [3.8, 4) is 5.75 Å². The Bertz CT molecular complexity index is 311. The van der Waals surface area contributed by atoms with E-state index in [1.165, 1.54) is 5.56 Å². The zero-order chi connectivity index (χ0) is 12.7. The first kappa shape index (κ1) is 14.0. The number of benzene rings is 1. The zero-order valence-corrected chi connectivity index (χ0v) is 10.9. The van der Waals surface area contributed by atoms with Gasteiger partial charge in [-0.05, 0) is 31.2 Å². The summed E-state index contributed by atoms with van der Waals surface area (Å²) in [5.74, 6) is 1.04. The third kappa shape index (κ3) is 4.75. The Hall–Kier alpha value is -1.06. The van der Waals surface area contributed by atoms with E-state index in [0.717, 1.165) is 12.3 Å². The molecule has 1 aromatic carbocycles. The standard InChI is InChI=1S/C14H23NO2/c1-4-15-12(3)13-5-7-14(8-6-13)17-10-11(2)9-16/h5-8,11-12,15-16H,4,9-10H2,1-3H3. The summed E-state index contributed by atoms with van der Waals surface area (Å²) in [7, 11) is 0. The second-order valence-corrected chi connectivity index (χ2v) is 4.45.